The number of ether oxygens (including phenoxy) is 1. The molecular formula is C20H19N3O3. The smallest absolute Gasteiger partial charge is 0.272 e. The van der Waals surface area contributed by atoms with Crippen LogP contribution in [0.3, 0.4) is 0 Å². The molecule has 3 aromatic rings. The Balaban J connectivity index is 1.66. The number of hydrogen-bond acceptors (Lipinski definition) is 4. The molecule has 3 rings (SSSR count). The van der Waals surface area contributed by atoms with Crippen molar-refractivity contribution in [2.45, 2.75) is 0 Å². The standard InChI is InChI=1S/C20H19N3O3/c1-23(13-19(24)21-15-7-5-8-16(12-15)26-2)20(25)18-11-10-14-6-3-4-9-17(14)22-18/h3-12H,13H2,1-2H3,(H,21,24). The van der Waals surface area contributed by atoms with E-state index in [0.29, 0.717) is 17.1 Å². The number of aromatic nitrogens is 1. The second-order valence-corrected chi connectivity index (χ2v) is 5.83. The molecule has 0 bridgehead atoms. The minimum Gasteiger partial charge on any atom is -0.497 e. The number of pyridine rings is 1. The lowest BCUT2D eigenvalue weighted by Crippen LogP contribution is -2.35. The first-order chi connectivity index (χ1) is 12.6. The maximum atomic E-state index is 12.5. The lowest BCUT2D eigenvalue weighted by Gasteiger charge is -2.16. The van der Waals surface area contributed by atoms with Crippen LogP contribution in [0.2, 0.25) is 0 Å². The van der Waals surface area contributed by atoms with Gasteiger partial charge in [0.05, 0.1) is 19.2 Å². The molecule has 0 unspecified atom stereocenters. The zero-order valence-corrected chi connectivity index (χ0v) is 14.6. The van der Waals surface area contributed by atoms with E-state index in [0.717, 1.165) is 10.9 Å². The van der Waals surface area contributed by atoms with Crippen molar-refractivity contribution in [1.82, 2.24) is 9.88 Å². The van der Waals surface area contributed by atoms with Crippen LogP contribution in [0.1, 0.15) is 10.5 Å². The fourth-order valence-corrected chi connectivity index (χ4v) is 2.57. The van der Waals surface area contributed by atoms with Crippen molar-refractivity contribution in [2.24, 2.45) is 0 Å². The maximum absolute atomic E-state index is 12.5. The van der Waals surface area contributed by atoms with Crippen LogP contribution >= 0.6 is 0 Å². The summed E-state index contributed by atoms with van der Waals surface area (Å²) in [6.07, 6.45) is 0. The lowest BCUT2D eigenvalue weighted by molar-refractivity contribution is -0.116. The number of para-hydroxylation sites is 1. The molecule has 6 heteroatoms. The first-order valence-corrected chi connectivity index (χ1v) is 8.12. The molecule has 2 amide bonds. The Morgan fingerprint density at radius 1 is 1.08 bits per heavy atom. The van der Waals surface area contributed by atoms with Crippen LogP contribution in [-0.4, -0.2) is 42.4 Å². The number of rotatable bonds is 5. The Morgan fingerprint density at radius 2 is 1.88 bits per heavy atom. The van der Waals surface area contributed by atoms with Crippen LogP contribution in [0.25, 0.3) is 10.9 Å². The summed E-state index contributed by atoms with van der Waals surface area (Å²) in [6, 6.07) is 18.1. The van der Waals surface area contributed by atoms with Gasteiger partial charge in [0.1, 0.15) is 11.4 Å². The van der Waals surface area contributed by atoms with E-state index in [1.54, 1.807) is 44.5 Å². The zero-order valence-electron chi connectivity index (χ0n) is 14.6. The van der Waals surface area contributed by atoms with Crippen molar-refractivity contribution in [2.75, 3.05) is 26.0 Å². The Kier molecular flexibility index (Phi) is 5.12. The molecule has 132 valence electrons. The number of anilines is 1. The molecule has 0 spiro atoms. The molecule has 0 radical (unpaired) electrons. The monoisotopic (exact) mass is 349 g/mol. The largest absolute Gasteiger partial charge is 0.497 e. The topological polar surface area (TPSA) is 71.5 Å². The number of nitrogens with zero attached hydrogens (tertiary/aromatic N) is 2. The third kappa shape index (κ3) is 3.97. The number of methoxy groups -OCH3 is 1. The summed E-state index contributed by atoms with van der Waals surface area (Å²) in [5.41, 5.74) is 1.66. The van der Waals surface area contributed by atoms with E-state index in [1.807, 2.05) is 30.3 Å². The summed E-state index contributed by atoms with van der Waals surface area (Å²) < 4.78 is 5.12. The molecule has 26 heavy (non-hydrogen) atoms. The van der Waals surface area contributed by atoms with E-state index >= 15 is 0 Å². The van der Waals surface area contributed by atoms with E-state index in [1.165, 1.54) is 4.90 Å². The number of nitrogens with one attached hydrogen (secondary N) is 1. The van der Waals surface area contributed by atoms with Crippen molar-refractivity contribution in [1.29, 1.82) is 0 Å². The van der Waals surface area contributed by atoms with E-state index in [-0.39, 0.29) is 18.4 Å². The van der Waals surface area contributed by atoms with E-state index in [2.05, 4.69) is 10.3 Å². The number of amides is 2. The quantitative estimate of drug-likeness (QED) is 0.769. The minimum absolute atomic E-state index is 0.0788. The summed E-state index contributed by atoms with van der Waals surface area (Å²) in [5, 5.41) is 3.71. The van der Waals surface area contributed by atoms with Crippen molar-refractivity contribution < 1.29 is 14.3 Å². The molecule has 2 aromatic carbocycles. The predicted molar refractivity (Wildman–Crippen MR) is 100 cm³/mol. The van der Waals surface area contributed by atoms with Gasteiger partial charge in [0.2, 0.25) is 5.91 Å². The van der Waals surface area contributed by atoms with Crippen LogP contribution in [0.15, 0.2) is 60.7 Å². The first-order valence-electron chi connectivity index (χ1n) is 8.12. The molecule has 1 N–H and O–H groups in total. The Bertz CT molecular complexity index is 956. The molecule has 0 atom stereocenters. The number of hydrogen-bond donors (Lipinski definition) is 1. The summed E-state index contributed by atoms with van der Waals surface area (Å²) in [5.74, 6) is 0.0408. The highest BCUT2D eigenvalue weighted by Crippen LogP contribution is 2.17. The maximum Gasteiger partial charge on any atom is 0.272 e. The number of likely N-dealkylation sites (N-methyl/N-ethyl adjacent to an activating group) is 1. The molecule has 0 saturated heterocycles. The van der Waals surface area contributed by atoms with Gasteiger partial charge in [-0.25, -0.2) is 4.98 Å². The summed E-state index contributed by atoms with van der Waals surface area (Å²) >= 11 is 0. The molecule has 0 fully saturated rings. The molecule has 6 nitrogen and oxygen atoms in total. The van der Waals surface area contributed by atoms with E-state index in [9.17, 15) is 9.59 Å². The van der Waals surface area contributed by atoms with Crippen molar-refractivity contribution in [3.05, 3.63) is 66.4 Å². The van der Waals surface area contributed by atoms with Crippen LogP contribution in [0.5, 0.6) is 5.75 Å². The second kappa shape index (κ2) is 7.65. The molecular weight excluding hydrogens is 330 g/mol. The van der Waals surface area contributed by atoms with Gasteiger partial charge in [-0.3, -0.25) is 9.59 Å². The fraction of sp³-hybridized carbons (Fsp3) is 0.150. The van der Waals surface area contributed by atoms with Gasteiger partial charge in [-0.05, 0) is 24.3 Å². The van der Waals surface area contributed by atoms with Gasteiger partial charge >= 0.3 is 0 Å². The molecule has 0 aliphatic heterocycles. The van der Waals surface area contributed by atoms with Gasteiger partial charge < -0.3 is 15.0 Å². The van der Waals surface area contributed by atoms with Crippen LogP contribution in [-0.2, 0) is 4.79 Å². The highest BCUT2D eigenvalue weighted by molar-refractivity contribution is 5.99. The lowest BCUT2D eigenvalue weighted by atomic mass is 10.2. The Hall–Kier alpha value is -3.41. The third-order valence-electron chi connectivity index (χ3n) is 3.90. The highest BCUT2D eigenvalue weighted by Gasteiger charge is 2.16. The fourth-order valence-electron chi connectivity index (χ4n) is 2.57. The SMILES string of the molecule is COc1cccc(NC(=O)CN(C)C(=O)c2ccc3ccccc3n2)c1. The normalized spacial score (nSPS) is 10.4. The Labute approximate surface area is 151 Å². The second-order valence-electron chi connectivity index (χ2n) is 5.83. The molecule has 0 aliphatic carbocycles. The highest BCUT2D eigenvalue weighted by atomic mass is 16.5. The van der Waals surface area contributed by atoms with Gasteiger partial charge in [0.15, 0.2) is 0 Å². The van der Waals surface area contributed by atoms with Gasteiger partial charge in [-0.15, -0.1) is 0 Å². The average Bonchev–Trinajstić information content (AvgIpc) is 2.67. The van der Waals surface area contributed by atoms with E-state index in [4.69, 9.17) is 4.74 Å². The van der Waals surface area contributed by atoms with Crippen LogP contribution in [0.4, 0.5) is 5.69 Å². The first kappa shape index (κ1) is 17.4. The van der Waals surface area contributed by atoms with Crippen LogP contribution < -0.4 is 10.1 Å². The van der Waals surface area contributed by atoms with Crippen molar-refractivity contribution in [3.8, 4) is 5.75 Å². The zero-order chi connectivity index (χ0) is 18.5. The summed E-state index contributed by atoms with van der Waals surface area (Å²) in [4.78, 5) is 30.5. The van der Waals surface area contributed by atoms with Crippen molar-refractivity contribution >= 4 is 28.4 Å². The number of carbonyl (C=O) groups is 2. The number of benzene rings is 2. The molecule has 1 aromatic heterocycles. The number of fused-ring (bicyclic) bond motifs is 1. The summed E-state index contributed by atoms with van der Waals surface area (Å²) in [6.45, 7) is -0.0788. The van der Waals surface area contributed by atoms with Crippen molar-refractivity contribution in [3.63, 3.8) is 0 Å². The average molecular weight is 349 g/mol. The minimum atomic E-state index is -0.309. The Morgan fingerprint density at radius 3 is 2.69 bits per heavy atom. The van der Waals surface area contributed by atoms with Gasteiger partial charge in [-0.2, -0.15) is 0 Å². The molecule has 1 heterocycles. The molecule has 0 aliphatic rings. The van der Waals surface area contributed by atoms with Gasteiger partial charge in [-0.1, -0.05) is 30.3 Å². The number of carbonyl (C=O) groups excluding carboxylic acids is 2. The summed E-state index contributed by atoms with van der Waals surface area (Å²) in [7, 11) is 3.13. The third-order valence-corrected chi connectivity index (χ3v) is 3.90. The predicted octanol–water partition coefficient (Wildman–Crippen LogP) is 2.95. The van der Waals surface area contributed by atoms with Crippen LogP contribution in [0, 0.1) is 0 Å². The van der Waals surface area contributed by atoms with Gasteiger partial charge in [0.25, 0.3) is 5.91 Å². The van der Waals surface area contributed by atoms with Gasteiger partial charge in [0, 0.05) is 24.2 Å². The molecule has 0 saturated carbocycles. The van der Waals surface area contributed by atoms with E-state index < -0.39 is 0 Å².